The van der Waals surface area contributed by atoms with Crippen LogP contribution in [0.2, 0.25) is 0 Å². The van der Waals surface area contributed by atoms with Gasteiger partial charge in [-0.3, -0.25) is 0 Å². The molecule has 1 aromatic carbocycles. The number of hydrogen-bond acceptors (Lipinski definition) is 2. The molecule has 1 rings (SSSR count). The van der Waals surface area contributed by atoms with Gasteiger partial charge in [0, 0.05) is 5.56 Å². The lowest BCUT2D eigenvalue weighted by atomic mass is 9.99. The van der Waals surface area contributed by atoms with E-state index < -0.39 is 11.9 Å². The molecule has 15 heavy (non-hydrogen) atoms. The fourth-order valence-corrected chi connectivity index (χ4v) is 1.52. The molecule has 1 unspecified atom stereocenters. The van der Waals surface area contributed by atoms with Gasteiger partial charge in [0.1, 0.15) is 0 Å². The van der Waals surface area contributed by atoms with Gasteiger partial charge in [0.05, 0.1) is 13.2 Å². The lowest BCUT2D eigenvalue weighted by Gasteiger charge is -2.15. The Bertz CT molecular complexity index is 323. The summed E-state index contributed by atoms with van der Waals surface area (Å²) in [5.74, 6) is 0.0362. The molecule has 0 fully saturated rings. The first kappa shape index (κ1) is 12.0. The number of aliphatic hydroxyl groups excluding tert-OH is 1. The van der Waals surface area contributed by atoms with E-state index in [4.69, 9.17) is 4.74 Å². The maximum atomic E-state index is 13.7. The highest BCUT2D eigenvalue weighted by atomic mass is 19.1. The number of methoxy groups -OCH3 is 1. The van der Waals surface area contributed by atoms with E-state index in [2.05, 4.69) is 0 Å². The summed E-state index contributed by atoms with van der Waals surface area (Å²) in [7, 11) is 1.41. The van der Waals surface area contributed by atoms with Crippen molar-refractivity contribution in [3.63, 3.8) is 0 Å². The zero-order valence-electron chi connectivity index (χ0n) is 9.33. The van der Waals surface area contributed by atoms with Crippen molar-refractivity contribution in [2.75, 3.05) is 7.11 Å². The van der Waals surface area contributed by atoms with Crippen LogP contribution in [0, 0.1) is 11.7 Å². The van der Waals surface area contributed by atoms with Gasteiger partial charge in [-0.15, -0.1) is 0 Å². The minimum atomic E-state index is -0.764. The van der Waals surface area contributed by atoms with Gasteiger partial charge in [-0.1, -0.05) is 26.0 Å². The van der Waals surface area contributed by atoms with Crippen LogP contribution in [0.25, 0.3) is 0 Å². The lowest BCUT2D eigenvalue weighted by Crippen LogP contribution is -2.05. The van der Waals surface area contributed by atoms with E-state index in [-0.39, 0.29) is 5.75 Å². The van der Waals surface area contributed by atoms with Gasteiger partial charge < -0.3 is 9.84 Å². The molecule has 0 saturated heterocycles. The summed E-state index contributed by atoms with van der Waals surface area (Å²) >= 11 is 0. The van der Waals surface area contributed by atoms with E-state index in [1.54, 1.807) is 18.2 Å². The maximum absolute atomic E-state index is 13.7. The van der Waals surface area contributed by atoms with E-state index >= 15 is 0 Å². The minimum Gasteiger partial charge on any atom is -0.494 e. The molecule has 0 aliphatic heterocycles. The Morgan fingerprint density at radius 1 is 1.40 bits per heavy atom. The predicted molar refractivity (Wildman–Crippen MR) is 57.4 cm³/mol. The number of benzene rings is 1. The van der Waals surface area contributed by atoms with Gasteiger partial charge in [0.25, 0.3) is 0 Å². The summed E-state index contributed by atoms with van der Waals surface area (Å²) in [5, 5.41) is 9.80. The molecule has 84 valence electrons. The largest absolute Gasteiger partial charge is 0.494 e. The van der Waals surface area contributed by atoms with Crippen molar-refractivity contribution in [1.82, 2.24) is 0 Å². The second kappa shape index (κ2) is 5.12. The van der Waals surface area contributed by atoms with Crippen molar-refractivity contribution in [2.45, 2.75) is 26.4 Å². The van der Waals surface area contributed by atoms with Crippen LogP contribution in [0.4, 0.5) is 4.39 Å². The third kappa shape index (κ3) is 2.93. The van der Waals surface area contributed by atoms with Crippen molar-refractivity contribution in [2.24, 2.45) is 5.92 Å². The average Bonchev–Trinajstić information content (AvgIpc) is 2.17. The average molecular weight is 212 g/mol. The van der Waals surface area contributed by atoms with Gasteiger partial charge in [-0.25, -0.2) is 4.39 Å². The molecule has 3 heteroatoms. The molecule has 2 nitrogen and oxygen atoms in total. The number of rotatable bonds is 4. The highest BCUT2D eigenvalue weighted by Crippen LogP contribution is 2.28. The molecule has 0 bridgehead atoms. The maximum Gasteiger partial charge on any atom is 0.170 e. The third-order valence-electron chi connectivity index (χ3n) is 2.27. The Balaban J connectivity index is 2.93. The standard InChI is InChI=1S/C12H17FO2/c1-8(2)7-10(14)9-5-4-6-11(15-3)12(9)13/h4-6,8,10,14H,7H2,1-3H3. The normalized spacial score (nSPS) is 12.9. The Labute approximate surface area is 89.7 Å². The third-order valence-corrected chi connectivity index (χ3v) is 2.27. The summed E-state index contributed by atoms with van der Waals surface area (Å²) in [6.07, 6.45) is -0.218. The Morgan fingerprint density at radius 3 is 2.60 bits per heavy atom. The van der Waals surface area contributed by atoms with Crippen molar-refractivity contribution in [3.8, 4) is 5.75 Å². The van der Waals surface area contributed by atoms with Crippen molar-refractivity contribution >= 4 is 0 Å². The van der Waals surface area contributed by atoms with Gasteiger partial charge in [0.15, 0.2) is 11.6 Å². The van der Waals surface area contributed by atoms with E-state index in [1.807, 2.05) is 13.8 Å². The second-order valence-electron chi connectivity index (χ2n) is 4.01. The summed E-state index contributed by atoms with van der Waals surface area (Å²) in [6.45, 7) is 3.97. The molecule has 0 aromatic heterocycles. The monoisotopic (exact) mass is 212 g/mol. The van der Waals surface area contributed by atoms with Gasteiger partial charge in [-0.05, 0) is 18.4 Å². The van der Waals surface area contributed by atoms with Gasteiger partial charge in [0.2, 0.25) is 0 Å². The van der Waals surface area contributed by atoms with Gasteiger partial charge in [-0.2, -0.15) is 0 Å². The van der Waals surface area contributed by atoms with Crippen molar-refractivity contribution < 1.29 is 14.2 Å². The summed E-state index contributed by atoms with van der Waals surface area (Å²) in [6, 6.07) is 4.81. The molecule has 0 radical (unpaired) electrons. The highest BCUT2D eigenvalue weighted by Gasteiger charge is 2.16. The highest BCUT2D eigenvalue weighted by molar-refractivity contribution is 5.32. The molecule has 1 aromatic rings. The zero-order valence-corrected chi connectivity index (χ0v) is 9.33. The molecule has 0 aliphatic rings. The minimum absolute atomic E-state index is 0.176. The van der Waals surface area contributed by atoms with Gasteiger partial charge >= 0.3 is 0 Å². The second-order valence-corrected chi connectivity index (χ2v) is 4.01. The van der Waals surface area contributed by atoms with Crippen molar-refractivity contribution in [1.29, 1.82) is 0 Å². The van der Waals surface area contributed by atoms with Crippen LogP contribution < -0.4 is 4.74 Å². The lowest BCUT2D eigenvalue weighted by molar-refractivity contribution is 0.146. The fraction of sp³-hybridized carbons (Fsp3) is 0.500. The van der Waals surface area contributed by atoms with E-state index in [9.17, 15) is 9.50 Å². The van der Waals surface area contributed by atoms with Crippen LogP contribution in [0.1, 0.15) is 31.9 Å². The van der Waals surface area contributed by atoms with Crippen LogP contribution >= 0.6 is 0 Å². The first-order valence-corrected chi connectivity index (χ1v) is 5.06. The van der Waals surface area contributed by atoms with Crippen LogP contribution in [0.15, 0.2) is 18.2 Å². The zero-order chi connectivity index (χ0) is 11.4. The molecule has 0 saturated carbocycles. The van der Waals surface area contributed by atoms with Crippen LogP contribution in [-0.2, 0) is 0 Å². The molecular formula is C12H17FO2. The van der Waals surface area contributed by atoms with E-state index in [0.29, 0.717) is 17.9 Å². The first-order valence-electron chi connectivity index (χ1n) is 5.06. The predicted octanol–water partition coefficient (Wildman–Crippen LogP) is 2.91. The van der Waals surface area contributed by atoms with Crippen LogP contribution in [0.5, 0.6) is 5.75 Å². The quantitative estimate of drug-likeness (QED) is 0.831. The molecule has 0 amide bonds. The molecule has 0 heterocycles. The van der Waals surface area contributed by atoms with Crippen molar-refractivity contribution in [3.05, 3.63) is 29.6 Å². The smallest absolute Gasteiger partial charge is 0.170 e. The Morgan fingerprint density at radius 2 is 2.07 bits per heavy atom. The molecule has 0 aliphatic carbocycles. The molecular weight excluding hydrogens is 195 g/mol. The topological polar surface area (TPSA) is 29.5 Å². The number of halogens is 1. The Hall–Kier alpha value is -1.09. The number of hydrogen-bond donors (Lipinski definition) is 1. The molecule has 0 spiro atoms. The van der Waals surface area contributed by atoms with E-state index in [1.165, 1.54) is 7.11 Å². The molecule has 1 atom stereocenters. The summed E-state index contributed by atoms with van der Waals surface area (Å²) < 4.78 is 18.5. The van der Waals surface area contributed by atoms with Crippen LogP contribution in [0.3, 0.4) is 0 Å². The van der Waals surface area contributed by atoms with E-state index in [0.717, 1.165) is 0 Å². The summed E-state index contributed by atoms with van der Waals surface area (Å²) in [5.41, 5.74) is 0.308. The van der Waals surface area contributed by atoms with Crippen LogP contribution in [-0.4, -0.2) is 12.2 Å². The summed E-state index contributed by atoms with van der Waals surface area (Å²) in [4.78, 5) is 0. The first-order chi connectivity index (χ1) is 7.06. The fourth-order valence-electron chi connectivity index (χ4n) is 1.52. The number of ether oxygens (including phenoxy) is 1. The number of aliphatic hydroxyl groups is 1. The SMILES string of the molecule is COc1cccc(C(O)CC(C)C)c1F. The molecule has 1 N–H and O–H groups in total. The Kier molecular flexibility index (Phi) is 4.09.